The van der Waals surface area contributed by atoms with Crippen LogP contribution in [0.3, 0.4) is 0 Å². The smallest absolute Gasteiger partial charge is 0.338 e. The van der Waals surface area contributed by atoms with Crippen LogP contribution in [-0.4, -0.2) is 28.1 Å². The van der Waals surface area contributed by atoms with E-state index in [-0.39, 0.29) is 23.0 Å². The Balaban J connectivity index is 1.98. The average molecular weight is 369 g/mol. The molecule has 0 saturated carbocycles. The molecule has 2 rings (SSSR count). The van der Waals surface area contributed by atoms with Crippen molar-refractivity contribution in [1.29, 1.82) is 0 Å². The van der Waals surface area contributed by atoms with Gasteiger partial charge in [0, 0.05) is 6.20 Å². The summed E-state index contributed by atoms with van der Waals surface area (Å²) in [6, 6.07) is 7.65. The number of aliphatic hydroxyl groups excluding tert-OH is 1. The number of aromatic nitrogens is 1. The van der Waals surface area contributed by atoms with Crippen molar-refractivity contribution in [3.63, 3.8) is 0 Å². The number of hydrogen-bond donors (Lipinski definition) is 2. The van der Waals surface area contributed by atoms with Crippen LogP contribution in [0.1, 0.15) is 22.8 Å². The first-order valence-electron chi connectivity index (χ1n) is 6.93. The van der Waals surface area contributed by atoms with Crippen molar-refractivity contribution in [2.45, 2.75) is 19.6 Å². The fraction of sp³-hybridized carbons (Fsp3) is 0.188. The number of rotatable bonds is 5. The van der Waals surface area contributed by atoms with Gasteiger partial charge in [0.2, 0.25) is 0 Å². The quantitative estimate of drug-likeness (QED) is 0.791. The van der Waals surface area contributed by atoms with E-state index in [0.717, 1.165) is 0 Å². The molecule has 2 N–H and O–H groups in total. The minimum absolute atomic E-state index is 0.122. The number of halogens is 2. The molecule has 1 aromatic carbocycles. The molecule has 1 heterocycles. The molecule has 24 heavy (non-hydrogen) atoms. The Labute approximate surface area is 148 Å². The summed E-state index contributed by atoms with van der Waals surface area (Å²) in [6.07, 6.45) is 0.283. The van der Waals surface area contributed by atoms with Gasteiger partial charge >= 0.3 is 5.97 Å². The minimum Gasteiger partial charge on any atom is -0.449 e. The van der Waals surface area contributed by atoms with E-state index in [2.05, 4.69) is 10.3 Å². The number of aliphatic hydroxyl groups is 1. The number of carbonyl (C=O) groups is 2. The molecular formula is C16H14Cl2N2O4. The molecule has 1 amide bonds. The third-order valence-corrected chi connectivity index (χ3v) is 3.57. The van der Waals surface area contributed by atoms with Crippen molar-refractivity contribution in [3.05, 3.63) is 57.7 Å². The van der Waals surface area contributed by atoms with Gasteiger partial charge in [0.15, 0.2) is 11.9 Å². The Morgan fingerprint density at radius 2 is 1.96 bits per heavy atom. The van der Waals surface area contributed by atoms with E-state index in [1.54, 1.807) is 12.1 Å². The first-order chi connectivity index (χ1) is 11.4. The second-order valence-electron chi connectivity index (χ2n) is 4.88. The number of nitrogens with zero attached hydrogens (tertiary/aromatic N) is 1. The third-order valence-electron chi connectivity index (χ3n) is 3.07. The standard InChI is InChI=1S/C16H14Cl2N2O4/c1-9(15(22)20-14-13(18)6-12(17)7-19-14)24-16(23)11-4-2-10(8-21)3-5-11/h2-7,9,21H,8H2,1H3,(H,19,20,22)/t9-/m1/s1. The maximum absolute atomic E-state index is 12.1. The van der Waals surface area contributed by atoms with Gasteiger partial charge < -0.3 is 15.2 Å². The average Bonchev–Trinajstić information content (AvgIpc) is 2.57. The molecule has 0 aliphatic rings. The summed E-state index contributed by atoms with van der Waals surface area (Å²) in [4.78, 5) is 28.0. The predicted molar refractivity (Wildman–Crippen MR) is 90.1 cm³/mol. The number of anilines is 1. The fourth-order valence-electron chi connectivity index (χ4n) is 1.75. The van der Waals surface area contributed by atoms with Crippen LogP contribution in [0.5, 0.6) is 0 Å². The van der Waals surface area contributed by atoms with Crippen molar-refractivity contribution >= 4 is 40.9 Å². The Morgan fingerprint density at radius 1 is 1.29 bits per heavy atom. The minimum atomic E-state index is -1.05. The molecule has 1 atom stereocenters. The highest BCUT2D eigenvalue weighted by atomic mass is 35.5. The lowest BCUT2D eigenvalue weighted by Crippen LogP contribution is -2.30. The summed E-state index contributed by atoms with van der Waals surface area (Å²) >= 11 is 11.6. The zero-order valence-corrected chi connectivity index (χ0v) is 14.1. The summed E-state index contributed by atoms with van der Waals surface area (Å²) in [6.45, 7) is 1.31. The molecule has 126 valence electrons. The molecule has 2 aromatic rings. The van der Waals surface area contributed by atoms with Gasteiger partial charge in [0.25, 0.3) is 5.91 Å². The fourth-order valence-corrected chi connectivity index (χ4v) is 2.18. The van der Waals surface area contributed by atoms with E-state index >= 15 is 0 Å². The Hall–Kier alpha value is -2.15. The van der Waals surface area contributed by atoms with Gasteiger partial charge in [-0.05, 0) is 30.7 Å². The zero-order valence-electron chi connectivity index (χ0n) is 12.6. The Bertz CT molecular complexity index is 750. The lowest BCUT2D eigenvalue weighted by Gasteiger charge is -2.14. The molecule has 0 saturated heterocycles. The lowest BCUT2D eigenvalue weighted by atomic mass is 10.1. The Morgan fingerprint density at radius 3 is 2.54 bits per heavy atom. The van der Waals surface area contributed by atoms with Gasteiger partial charge in [-0.25, -0.2) is 9.78 Å². The summed E-state index contributed by atoms with van der Waals surface area (Å²) in [7, 11) is 0. The first-order valence-corrected chi connectivity index (χ1v) is 7.69. The largest absolute Gasteiger partial charge is 0.449 e. The van der Waals surface area contributed by atoms with E-state index in [1.165, 1.54) is 31.3 Å². The van der Waals surface area contributed by atoms with Crippen LogP contribution >= 0.6 is 23.2 Å². The summed E-state index contributed by atoms with van der Waals surface area (Å²) in [5.41, 5.74) is 0.940. The Kier molecular flexibility index (Phi) is 6.14. The number of amides is 1. The van der Waals surface area contributed by atoms with Crippen LogP contribution in [0.25, 0.3) is 0 Å². The third kappa shape index (κ3) is 4.67. The van der Waals surface area contributed by atoms with Crippen LogP contribution in [0.15, 0.2) is 36.5 Å². The van der Waals surface area contributed by atoms with E-state index in [4.69, 9.17) is 33.0 Å². The molecule has 0 aliphatic heterocycles. The maximum Gasteiger partial charge on any atom is 0.338 e. The number of ether oxygens (including phenoxy) is 1. The highest BCUT2D eigenvalue weighted by Gasteiger charge is 2.20. The van der Waals surface area contributed by atoms with Gasteiger partial charge in [-0.15, -0.1) is 0 Å². The molecule has 0 aliphatic carbocycles. The molecule has 0 radical (unpaired) electrons. The normalized spacial score (nSPS) is 11.7. The van der Waals surface area contributed by atoms with Crippen molar-refractivity contribution in [3.8, 4) is 0 Å². The van der Waals surface area contributed by atoms with Crippen molar-refractivity contribution in [2.24, 2.45) is 0 Å². The van der Waals surface area contributed by atoms with Gasteiger partial charge in [-0.3, -0.25) is 4.79 Å². The second kappa shape index (κ2) is 8.10. The van der Waals surface area contributed by atoms with Gasteiger partial charge in [0.1, 0.15) is 0 Å². The summed E-state index contributed by atoms with van der Waals surface area (Å²) in [5, 5.41) is 11.9. The zero-order chi connectivity index (χ0) is 17.7. The number of hydrogen-bond acceptors (Lipinski definition) is 5. The molecular weight excluding hydrogens is 355 g/mol. The SMILES string of the molecule is C[C@@H](OC(=O)c1ccc(CO)cc1)C(=O)Nc1ncc(Cl)cc1Cl. The van der Waals surface area contributed by atoms with Gasteiger partial charge in [0.05, 0.1) is 22.2 Å². The molecule has 0 unspecified atom stereocenters. The van der Waals surface area contributed by atoms with Crippen LogP contribution in [0, 0.1) is 0 Å². The first kappa shape index (κ1) is 18.2. The van der Waals surface area contributed by atoms with Crippen LogP contribution in [0.2, 0.25) is 10.0 Å². The molecule has 0 fully saturated rings. The topological polar surface area (TPSA) is 88.5 Å². The molecule has 6 nitrogen and oxygen atoms in total. The van der Waals surface area contributed by atoms with E-state index in [1.807, 2.05) is 0 Å². The van der Waals surface area contributed by atoms with Crippen LogP contribution < -0.4 is 5.32 Å². The van der Waals surface area contributed by atoms with Crippen LogP contribution in [0.4, 0.5) is 5.82 Å². The summed E-state index contributed by atoms with van der Waals surface area (Å²) < 4.78 is 5.10. The number of carbonyl (C=O) groups excluding carboxylic acids is 2. The second-order valence-corrected chi connectivity index (χ2v) is 5.72. The predicted octanol–water partition coefficient (Wildman–Crippen LogP) is 3.06. The summed E-state index contributed by atoms with van der Waals surface area (Å²) in [5.74, 6) is -1.11. The highest BCUT2D eigenvalue weighted by Crippen LogP contribution is 2.22. The highest BCUT2D eigenvalue weighted by molar-refractivity contribution is 6.36. The number of pyridine rings is 1. The number of esters is 1. The molecule has 0 spiro atoms. The van der Waals surface area contributed by atoms with E-state index in [0.29, 0.717) is 10.6 Å². The number of nitrogens with one attached hydrogen (secondary N) is 1. The van der Waals surface area contributed by atoms with E-state index in [9.17, 15) is 9.59 Å². The maximum atomic E-state index is 12.1. The monoisotopic (exact) mass is 368 g/mol. The van der Waals surface area contributed by atoms with Crippen LogP contribution in [-0.2, 0) is 16.1 Å². The molecule has 8 heteroatoms. The molecule has 1 aromatic heterocycles. The van der Waals surface area contributed by atoms with Crippen molar-refractivity contribution in [1.82, 2.24) is 4.98 Å². The van der Waals surface area contributed by atoms with Crippen molar-refractivity contribution < 1.29 is 19.4 Å². The van der Waals surface area contributed by atoms with E-state index < -0.39 is 18.0 Å². The molecule has 0 bridgehead atoms. The van der Waals surface area contributed by atoms with Gasteiger partial charge in [-0.1, -0.05) is 35.3 Å². The lowest BCUT2D eigenvalue weighted by molar-refractivity contribution is -0.123. The van der Waals surface area contributed by atoms with Crippen molar-refractivity contribution in [2.75, 3.05) is 5.32 Å². The van der Waals surface area contributed by atoms with Gasteiger partial charge in [-0.2, -0.15) is 0 Å². The number of benzene rings is 1.